The number of unbranched alkanes of at least 4 members (excludes halogenated alkanes) is 1. The maximum absolute atomic E-state index is 11.2. The number of carbonyl (C=O) groups excluding carboxylic acids is 1. The fourth-order valence-corrected chi connectivity index (χ4v) is 2.30. The number of carboxylic acids is 1. The Hall–Kier alpha value is -0.770. The molecule has 0 unspecified atom stereocenters. The quantitative estimate of drug-likeness (QED) is 0.679. The summed E-state index contributed by atoms with van der Waals surface area (Å²) in [5, 5.41) is 8.40. The van der Waals surface area contributed by atoms with Gasteiger partial charge in [-0.2, -0.15) is 11.8 Å². The number of Topliss-reactive ketones (excluding diaryl/α,β-unsaturated/α-hetero) is 1. The number of hydrogen-bond acceptors (Lipinski definition) is 3. The molecule has 15 heavy (non-hydrogen) atoms. The number of thioether (sulfide) groups is 1. The molecule has 1 rings (SSSR count). The van der Waals surface area contributed by atoms with Gasteiger partial charge in [-0.3, -0.25) is 9.59 Å². The van der Waals surface area contributed by atoms with E-state index in [-0.39, 0.29) is 5.75 Å². The Kier molecular flexibility index (Phi) is 5.47. The molecule has 0 radical (unpaired) electrons. The van der Waals surface area contributed by atoms with Crippen molar-refractivity contribution in [2.75, 3.05) is 11.5 Å². The molecule has 1 aliphatic rings. The summed E-state index contributed by atoms with van der Waals surface area (Å²) in [6, 6.07) is 0. The molecule has 0 saturated heterocycles. The second-order valence-corrected chi connectivity index (χ2v) is 4.70. The molecule has 0 aromatic heterocycles. The van der Waals surface area contributed by atoms with Gasteiger partial charge in [0.1, 0.15) is 0 Å². The first-order valence-electron chi connectivity index (χ1n) is 5.22. The van der Waals surface area contributed by atoms with Gasteiger partial charge in [0.2, 0.25) is 0 Å². The SMILES string of the molecule is O=C(O)CSCCCCC1=CCCC1=O. The number of carbonyl (C=O) groups is 2. The van der Waals surface area contributed by atoms with Crippen molar-refractivity contribution in [1.29, 1.82) is 0 Å². The Bertz CT molecular complexity index is 271. The average Bonchev–Trinajstić information content (AvgIpc) is 2.57. The second-order valence-electron chi connectivity index (χ2n) is 3.59. The van der Waals surface area contributed by atoms with E-state index >= 15 is 0 Å². The molecule has 0 saturated carbocycles. The summed E-state index contributed by atoms with van der Waals surface area (Å²) >= 11 is 1.44. The number of ketones is 1. The first-order valence-corrected chi connectivity index (χ1v) is 6.37. The Balaban J connectivity index is 1.97. The Morgan fingerprint density at radius 2 is 2.27 bits per heavy atom. The van der Waals surface area contributed by atoms with Gasteiger partial charge in [0.25, 0.3) is 0 Å². The molecule has 0 heterocycles. The molecular weight excluding hydrogens is 212 g/mol. The summed E-state index contributed by atoms with van der Waals surface area (Å²) in [7, 11) is 0. The molecule has 0 bridgehead atoms. The highest BCUT2D eigenvalue weighted by Gasteiger charge is 2.13. The maximum Gasteiger partial charge on any atom is 0.313 e. The van der Waals surface area contributed by atoms with Crippen molar-refractivity contribution in [2.24, 2.45) is 0 Å². The third-order valence-electron chi connectivity index (χ3n) is 2.33. The third-order valence-corrected chi connectivity index (χ3v) is 3.36. The minimum atomic E-state index is -0.756. The summed E-state index contributed by atoms with van der Waals surface area (Å²) in [6.07, 6.45) is 6.47. The van der Waals surface area contributed by atoms with Gasteiger partial charge in [-0.15, -0.1) is 0 Å². The van der Waals surface area contributed by atoms with E-state index in [9.17, 15) is 9.59 Å². The minimum absolute atomic E-state index is 0.182. The molecule has 1 aliphatic carbocycles. The zero-order chi connectivity index (χ0) is 11.1. The van der Waals surface area contributed by atoms with Crippen molar-refractivity contribution < 1.29 is 14.7 Å². The van der Waals surface area contributed by atoms with Crippen LogP contribution in [0, 0.1) is 0 Å². The highest BCUT2D eigenvalue weighted by Crippen LogP contribution is 2.19. The van der Waals surface area contributed by atoms with Gasteiger partial charge in [-0.1, -0.05) is 6.08 Å². The molecule has 0 aliphatic heterocycles. The fraction of sp³-hybridized carbons (Fsp3) is 0.636. The number of rotatable bonds is 7. The summed E-state index contributed by atoms with van der Waals surface area (Å²) in [4.78, 5) is 21.4. The van der Waals surface area contributed by atoms with E-state index in [1.807, 2.05) is 6.08 Å². The molecule has 0 fully saturated rings. The molecule has 0 amide bonds. The normalized spacial score (nSPS) is 15.5. The number of hydrogen-bond donors (Lipinski definition) is 1. The van der Waals surface area contributed by atoms with Crippen molar-refractivity contribution >= 4 is 23.5 Å². The summed E-state index contributed by atoms with van der Waals surface area (Å²) in [5.41, 5.74) is 0.984. The van der Waals surface area contributed by atoms with E-state index in [1.54, 1.807) is 0 Å². The maximum atomic E-state index is 11.2. The number of carboxylic acid groups (broad SMARTS) is 1. The lowest BCUT2D eigenvalue weighted by Gasteiger charge is -2.00. The van der Waals surface area contributed by atoms with Crippen LogP contribution in [0.5, 0.6) is 0 Å². The highest BCUT2D eigenvalue weighted by molar-refractivity contribution is 7.99. The first kappa shape index (κ1) is 12.3. The molecule has 0 aromatic rings. The number of allylic oxidation sites excluding steroid dienone is 2. The third kappa shape index (κ3) is 5.02. The van der Waals surface area contributed by atoms with Crippen LogP contribution in [0.1, 0.15) is 32.1 Å². The van der Waals surface area contributed by atoms with E-state index < -0.39 is 5.97 Å². The predicted octanol–water partition coefficient (Wildman–Crippen LogP) is 2.26. The molecule has 0 spiro atoms. The predicted molar refractivity (Wildman–Crippen MR) is 61.1 cm³/mol. The molecule has 0 aromatic carbocycles. The minimum Gasteiger partial charge on any atom is -0.481 e. The van der Waals surface area contributed by atoms with E-state index in [0.717, 1.165) is 37.0 Å². The molecule has 3 nitrogen and oxygen atoms in total. The smallest absolute Gasteiger partial charge is 0.313 e. The first-order chi connectivity index (χ1) is 7.20. The monoisotopic (exact) mass is 228 g/mol. The Morgan fingerprint density at radius 1 is 1.47 bits per heavy atom. The molecule has 4 heteroatoms. The average molecular weight is 228 g/mol. The van der Waals surface area contributed by atoms with E-state index in [1.165, 1.54) is 11.8 Å². The Morgan fingerprint density at radius 3 is 2.87 bits per heavy atom. The summed E-state index contributed by atoms with van der Waals surface area (Å²) in [5.74, 6) is 0.594. The van der Waals surface area contributed by atoms with Gasteiger partial charge in [0.15, 0.2) is 5.78 Å². The van der Waals surface area contributed by atoms with E-state index in [2.05, 4.69) is 0 Å². The van der Waals surface area contributed by atoms with Crippen LogP contribution in [-0.4, -0.2) is 28.4 Å². The van der Waals surface area contributed by atoms with Crippen LogP contribution < -0.4 is 0 Å². The van der Waals surface area contributed by atoms with Gasteiger partial charge in [-0.25, -0.2) is 0 Å². The molecule has 0 atom stereocenters. The standard InChI is InChI=1S/C11H16O3S/c12-10-6-3-5-9(10)4-1-2-7-15-8-11(13)14/h5H,1-4,6-8H2,(H,13,14). The van der Waals surface area contributed by atoms with E-state index in [0.29, 0.717) is 12.2 Å². The topological polar surface area (TPSA) is 54.4 Å². The Labute approximate surface area is 93.9 Å². The van der Waals surface area contributed by atoms with Gasteiger partial charge >= 0.3 is 5.97 Å². The number of aliphatic carboxylic acids is 1. The molecule has 84 valence electrons. The lowest BCUT2D eigenvalue weighted by Crippen LogP contribution is -1.99. The van der Waals surface area contributed by atoms with Crippen LogP contribution >= 0.6 is 11.8 Å². The second kappa shape index (κ2) is 6.67. The zero-order valence-corrected chi connectivity index (χ0v) is 9.52. The van der Waals surface area contributed by atoms with Gasteiger partial charge in [0.05, 0.1) is 5.75 Å². The van der Waals surface area contributed by atoms with Crippen LogP contribution in [0.4, 0.5) is 0 Å². The van der Waals surface area contributed by atoms with Crippen LogP contribution in [0.25, 0.3) is 0 Å². The van der Waals surface area contributed by atoms with Crippen molar-refractivity contribution in [2.45, 2.75) is 32.1 Å². The van der Waals surface area contributed by atoms with Crippen LogP contribution in [0.3, 0.4) is 0 Å². The van der Waals surface area contributed by atoms with Crippen molar-refractivity contribution in [3.63, 3.8) is 0 Å². The molecule has 1 N–H and O–H groups in total. The summed E-state index contributed by atoms with van der Waals surface area (Å²) < 4.78 is 0. The van der Waals surface area contributed by atoms with Gasteiger partial charge in [0, 0.05) is 6.42 Å². The van der Waals surface area contributed by atoms with Crippen LogP contribution in [0.15, 0.2) is 11.6 Å². The van der Waals surface area contributed by atoms with Gasteiger partial charge in [-0.05, 0) is 37.0 Å². The lowest BCUT2D eigenvalue weighted by atomic mass is 10.1. The van der Waals surface area contributed by atoms with Crippen molar-refractivity contribution in [3.8, 4) is 0 Å². The van der Waals surface area contributed by atoms with Crippen molar-refractivity contribution in [3.05, 3.63) is 11.6 Å². The largest absolute Gasteiger partial charge is 0.481 e. The fourth-order valence-electron chi connectivity index (χ4n) is 1.57. The zero-order valence-electron chi connectivity index (χ0n) is 8.70. The van der Waals surface area contributed by atoms with Crippen LogP contribution in [0.2, 0.25) is 0 Å². The van der Waals surface area contributed by atoms with Crippen molar-refractivity contribution in [1.82, 2.24) is 0 Å². The summed E-state index contributed by atoms with van der Waals surface area (Å²) in [6.45, 7) is 0. The highest BCUT2D eigenvalue weighted by atomic mass is 32.2. The van der Waals surface area contributed by atoms with E-state index in [4.69, 9.17) is 5.11 Å². The van der Waals surface area contributed by atoms with Crippen LogP contribution in [-0.2, 0) is 9.59 Å². The molecular formula is C11H16O3S. The van der Waals surface area contributed by atoms with Gasteiger partial charge < -0.3 is 5.11 Å². The lowest BCUT2D eigenvalue weighted by molar-refractivity contribution is -0.133.